The van der Waals surface area contributed by atoms with E-state index in [-0.39, 0.29) is 23.8 Å². The third-order valence-corrected chi connectivity index (χ3v) is 4.96. The fourth-order valence-corrected chi connectivity index (χ4v) is 3.72. The van der Waals surface area contributed by atoms with Crippen molar-refractivity contribution in [1.82, 2.24) is 5.32 Å². The van der Waals surface area contributed by atoms with Crippen molar-refractivity contribution in [2.24, 2.45) is 0 Å². The maximum absolute atomic E-state index is 12.4. The number of hydrogen-bond donors (Lipinski definition) is 2. The molecule has 0 fully saturated rings. The highest BCUT2D eigenvalue weighted by atomic mass is 32.2. The first kappa shape index (κ1) is 14.2. The van der Waals surface area contributed by atoms with E-state index in [4.69, 9.17) is 0 Å². The molecular weight excluding hydrogens is 282 g/mol. The zero-order chi connectivity index (χ0) is 14.7. The van der Waals surface area contributed by atoms with Gasteiger partial charge in [-0.25, -0.2) is 0 Å². The summed E-state index contributed by atoms with van der Waals surface area (Å²) in [6, 6.07) is 17.3. The highest BCUT2D eigenvalue weighted by molar-refractivity contribution is 8.01. The smallest absolute Gasteiger partial charge is 0.234 e. The standard InChI is InChI=1S/C17H17NO2S/c19-11-14(12-6-2-1-3-7-12)18-17(20)16-10-13-8-4-5-9-15(13)21-16/h1-9,14,16,19H,10-11H2,(H,18,20)/t14-,16?/m0/s1. The Balaban J connectivity index is 1.67. The fourth-order valence-electron chi connectivity index (χ4n) is 2.51. The highest BCUT2D eigenvalue weighted by Crippen LogP contribution is 2.37. The summed E-state index contributed by atoms with van der Waals surface area (Å²) in [5.74, 6) is -0.0147. The van der Waals surface area contributed by atoms with Crippen molar-refractivity contribution < 1.29 is 9.90 Å². The number of aliphatic hydroxyl groups excluding tert-OH is 1. The van der Waals surface area contributed by atoms with Gasteiger partial charge in [0.05, 0.1) is 17.9 Å². The zero-order valence-electron chi connectivity index (χ0n) is 11.5. The molecule has 0 spiro atoms. The molecule has 4 heteroatoms. The first-order chi connectivity index (χ1) is 10.3. The molecule has 1 heterocycles. The Morgan fingerprint density at radius 1 is 1.19 bits per heavy atom. The number of benzene rings is 2. The largest absolute Gasteiger partial charge is 0.394 e. The van der Waals surface area contributed by atoms with Gasteiger partial charge in [0.1, 0.15) is 0 Å². The number of hydrogen-bond acceptors (Lipinski definition) is 3. The van der Waals surface area contributed by atoms with Crippen LogP contribution in [0.4, 0.5) is 0 Å². The van der Waals surface area contributed by atoms with Gasteiger partial charge in [-0.1, -0.05) is 48.5 Å². The average Bonchev–Trinajstić information content (AvgIpc) is 2.97. The summed E-state index contributed by atoms with van der Waals surface area (Å²) in [6.07, 6.45) is 0.750. The zero-order valence-corrected chi connectivity index (χ0v) is 12.3. The van der Waals surface area contributed by atoms with E-state index < -0.39 is 0 Å². The average molecular weight is 299 g/mol. The quantitative estimate of drug-likeness (QED) is 0.912. The van der Waals surface area contributed by atoms with Crippen molar-refractivity contribution in [3.05, 3.63) is 65.7 Å². The van der Waals surface area contributed by atoms with Crippen LogP contribution in [0.5, 0.6) is 0 Å². The van der Waals surface area contributed by atoms with E-state index in [1.807, 2.05) is 48.5 Å². The summed E-state index contributed by atoms with van der Waals surface area (Å²) in [7, 11) is 0. The van der Waals surface area contributed by atoms with Crippen LogP contribution in [0.15, 0.2) is 59.5 Å². The van der Waals surface area contributed by atoms with Crippen LogP contribution in [0.2, 0.25) is 0 Å². The topological polar surface area (TPSA) is 49.3 Å². The normalized spacial score (nSPS) is 18.0. The van der Waals surface area contributed by atoms with Gasteiger partial charge in [0.2, 0.25) is 5.91 Å². The Morgan fingerprint density at radius 2 is 1.90 bits per heavy atom. The fraction of sp³-hybridized carbons (Fsp3) is 0.235. The van der Waals surface area contributed by atoms with E-state index >= 15 is 0 Å². The molecule has 3 nitrogen and oxygen atoms in total. The molecule has 2 N–H and O–H groups in total. The second kappa shape index (κ2) is 6.33. The Bertz CT molecular complexity index is 605. The van der Waals surface area contributed by atoms with Crippen LogP contribution in [0.3, 0.4) is 0 Å². The van der Waals surface area contributed by atoms with Crippen LogP contribution in [0.25, 0.3) is 0 Å². The number of amides is 1. The molecule has 0 saturated carbocycles. The van der Waals surface area contributed by atoms with E-state index in [9.17, 15) is 9.90 Å². The van der Waals surface area contributed by atoms with E-state index in [0.29, 0.717) is 0 Å². The molecule has 0 aliphatic carbocycles. The lowest BCUT2D eigenvalue weighted by Crippen LogP contribution is -2.37. The van der Waals surface area contributed by atoms with Crippen LogP contribution in [-0.4, -0.2) is 22.9 Å². The molecule has 0 bridgehead atoms. The minimum atomic E-state index is -0.344. The van der Waals surface area contributed by atoms with Gasteiger partial charge in [-0.15, -0.1) is 11.8 Å². The summed E-state index contributed by atoms with van der Waals surface area (Å²) in [5.41, 5.74) is 2.15. The molecule has 108 valence electrons. The minimum absolute atomic E-state index is 0.0147. The van der Waals surface area contributed by atoms with E-state index in [0.717, 1.165) is 12.0 Å². The lowest BCUT2D eigenvalue weighted by atomic mass is 10.1. The van der Waals surface area contributed by atoms with Crippen LogP contribution in [-0.2, 0) is 11.2 Å². The Hall–Kier alpha value is -1.78. The van der Waals surface area contributed by atoms with Crippen molar-refractivity contribution in [1.29, 1.82) is 0 Å². The lowest BCUT2D eigenvalue weighted by molar-refractivity contribution is -0.121. The number of fused-ring (bicyclic) bond motifs is 1. The minimum Gasteiger partial charge on any atom is -0.394 e. The summed E-state index contributed by atoms with van der Waals surface area (Å²) >= 11 is 1.60. The molecule has 0 saturated heterocycles. The molecule has 0 aromatic heterocycles. The van der Waals surface area contributed by atoms with Gasteiger partial charge in [0.25, 0.3) is 0 Å². The molecule has 1 amide bonds. The predicted molar refractivity (Wildman–Crippen MR) is 84.2 cm³/mol. The second-order valence-corrected chi connectivity index (χ2v) is 6.32. The van der Waals surface area contributed by atoms with Gasteiger partial charge in [0.15, 0.2) is 0 Å². The summed E-state index contributed by atoms with van der Waals surface area (Å²) in [6.45, 7) is -0.0971. The summed E-state index contributed by atoms with van der Waals surface area (Å²) in [5, 5.41) is 12.4. The van der Waals surface area contributed by atoms with Gasteiger partial charge in [-0.05, 0) is 23.6 Å². The number of carbonyl (C=O) groups excluding carboxylic acids is 1. The Kier molecular flexibility index (Phi) is 4.27. The number of nitrogens with one attached hydrogen (secondary N) is 1. The van der Waals surface area contributed by atoms with Crippen LogP contribution < -0.4 is 5.32 Å². The van der Waals surface area contributed by atoms with Crippen molar-refractivity contribution in [3.8, 4) is 0 Å². The number of thioether (sulfide) groups is 1. The first-order valence-corrected chi connectivity index (χ1v) is 7.86. The maximum Gasteiger partial charge on any atom is 0.234 e. The molecule has 2 atom stereocenters. The molecule has 21 heavy (non-hydrogen) atoms. The van der Waals surface area contributed by atoms with Crippen LogP contribution in [0, 0.1) is 0 Å². The third-order valence-electron chi connectivity index (χ3n) is 3.64. The Labute approximate surface area is 128 Å². The summed E-state index contributed by atoms with van der Waals surface area (Å²) < 4.78 is 0. The van der Waals surface area contributed by atoms with Crippen LogP contribution in [0.1, 0.15) is 17.2 Å². The lowest BCUT2D eigenvalue weighted by Gasteiger charge is -2.19. The molecule has 1 aliphatic heterocycles. The molecule has 2 aromatic rings. The van der Waals surface area contributed by atoms with Gasteiger partial charge in [-0.2, -0.15) is 0 Å². The number of carbonyl (C=O) groups is 1. The number of aliphatic hydroxyl groups is 1. The Morgan fingerprint density at radius 3 is 2.62 bits per heavy atom. The molecule has 3 rings (SSSR count). The SMILES string of the molecule is O=C(N[C@@H](CO)c1ccccc1)C1Cc2ccccc2S1. The summed E-state index contributed by atoms with van der Waals surface area (Å²) in [4.78, 5) is 13.6. The third kappa shape index (κ3) is 3.12. The first-order valence-electron chi connectivity index (χ1n) is 6.98. The van der Waals surface area contributed by atoms with E-state index in [1.165, 1.54) is 10.5 Å². The van der Waals surface area contributed by atoms with Gasteiger partial charge < -0.3 is 10.4 Å². The van der Waals surface area contributed by atoms with Crippen molar-refractivity contribution >= 4 is 17.7 Å². The second-order valence-electron chi connectivity index (χ2n) is 5.07. The van der Waals surface area contributed by atoms with Gasteiger partial charge in [0, 0.05) is 4.90 Å². The molecule has 0 radical (unpaired) electrons. The van der Waals surface area contributed by atoms with Crippen LogP contribution >= 0.6 is 11.8 Å². The highest BCUT2D eigenvalue weighted by Gasteiger charge is 2.29. The van der Waals surface area contributed by atoms with E-state index in [2.05, 4.69) is 11.4 Å². The van der Waals surface area contributed by atoms with Gasteiger partial charge in [-0.3, -0.25) is 4.79 Å². The van der Waals surface area contributed by atoms with Gasteiger partial charge >= 0.3 is 0 Å². The maximum atomic E-state index is 12.4. The molecular formula is C17H17NO2S. The van der Waals surface area contributed by atoms with Crippen molar-refractivity contribution in [2.45, 2.75) is 22.6 Å². The molecule has 1 aliphatic rings. The number of rotatable bonds is 4. The predicted octanol–water partition coefficient (Wildman–Crippen LogP) is 2.55. The van der Waals surface area contributed by atoms with Crippen molar-refractivity contribution in [3.63, 3.8) is 0 Å². The van der Waals surface area contributed by atoms with Crippen molar-refractivity contribution in [2.75, 3.05) is 6.61 Å². The van der Waals surface area contributed by atoms with E-state index in [1.54, 1.807) is 11.8 Å². The molecule has 1 unspecified atom stereocenters. The monoisotopic (exact) mass is 299 g/mol. The molecule has 2 aromatic carbocycles.